The molecule has 1 aromatic carbocycles. The number of para-hydroxylation sites is 1. The van der Waals surface area contributed by atoms with E-state index in [1.807, 2.05) is 0 Å². The van der Waals surface area contributed by atoms with Gasteiger partial charge in [0.25, 0.3) is 0 Å². The topological polar surface area (TPSA) is 46.7 Å². The summed E-state index contributed by atoms with van der Waals surface area (Å²) in [5, 5.41) is 4.84. The Balaban J connectivity index is 0.00000225. The van der Waals surface area contributed by atoms with E-state index in [1.165, 1.54) is 22.9 Å². The predicted octanol–water partition coefficient (Wildman–Crippen LogP) is 3.63. The summed E-state index contributed by atoms with van der Waals surface area (Å²) >= 11 is 0. The third kappa shape index (κ3) is 4.89. The van der Waals surface area contributed by atoms with Gasteiger partial charge in [-0.25, -0.2) is 0 Å². The molecule has 1 saturated heterocycles. The van der Waals surface area contributed by atoms with Gasteiger partial charge in [0.2, 0.25) is 0 Å². The first-order chi connectivity index (χ1) is 13.3. The van der Waals surface area contributed by atoms with E-state index < -0.39 is 0 Å². The van der Waals surface area contributed by atoms with Gasteiger partial charge < -0.3 is 15.2 Å². The van der Waals surface area contributed by atoms with Gasteiger partial charge in [-0.3, -0.25) is 9.89 Å². The Morgan fingerprint density at radius 2 is 2.07 bits per heavy atom. The predicted molar refractivity (Wildman–Crippen MR) is 129 cm³/mol. The number of likely N-dealkylation sites (tertiary alicyclic amines) is 1. The summed E-state index contributed by atoms with van der Waals surface area (Å²) in [5.74, 6) is 1.09. The SMILES string of the molecule is CCNC(=NCCCc1c[nH]c2ccccc12)N1CCC(N2CC=CC2)C1.I. The Morgan fingerprint density at radius 1 is 1.25 bits per heavy atom. The fourth-order valence-electron chi connectivity index (χ4n) is 4.24. The third-order valence-electron chi connectivity index (χ3n) is 5.70. The molecule has 1 fully saturated rings. The highest BCUT2D eigenvalue weighted by Crippen LogP contribution is 2.20. The van der Waals surface area contributed by atoms with Crippen LogP contribution < -0.4 is 5.32 Å². The van der Waals surface area contributed by atoms with Crippen molar-refractivity contribution in [2.45, 2.75) is 32.2 Å². The van der Waals surface area contributed by atoms with Crippen LogP contribution in [-0.2, 0) is 6.42 Å². The van der Waals surface area contributed by atoms with Gasteiger partial charge in [-0.15, -0.1) is 24.0 Å². The number of aromatic amines is 1. The summed E-state index contributed by atoms with van der Waals surface area (Å²) in [6.07, 6.45) is 10.1. The molecule has 6 heteroatoms. The molecule has 0 amide bonds. The lowest BCUT2D eigenvalue weighted by atomic mass is 10.1. The minimum atomic E-state index is 0. The molecule has 152 valence electrons. The average Bonchev–Trinajstić information content (AvgIpc) is 3.45. The molecule has 2 aromatic rings. The number of halogens is 1. The molecule has 0 aliphatic carbocycles. The van der Waals surface area contributed by atoms with Gasteiger partial charge in [0.05, 0.1) is 0 Å². The normalized spacial score (nSPS) is 20.1. The minimum Gasteiger partial charge on any atom is -0.361 e. The van der Waals surface area contributed by atoms with Crippen LogP contribution in [0.2, 0.25) is 0 Å². The van der Waals surface area contributed by atoms with Crippen molar-refractivity contribution in [3.63, 3.8) is 0 Å². The van der Waals surface area contributed by atoms with E-state index >= 15 is 0 Å². The molecule has 2 aliphatic heterocycles. The fourth-order valence-corrected chi connectivity index (χ4v) is 4.24. The van der Waals surface area contributed by atoms with Crippen molar-refractivity contribution < 1.29 is 0 Å². The summed E-state index contributed by atoms with van der Waals surface area (Å²) in [7, 11) is 0. The minimum absolute atomic E-state index is 0. The van der Waals surface area contributed by atoms with E-state index in [9.17, 15) is 0 Å². The van der Waals surface area contributed by atoms with Crippen molar-refractivity contribution in [1.82, 2.24) is 20.1 Å². The molecular formula is C22H32IN5. The highest BCUT2D eigenvalue weighted by atomic mass is 127. The van der Waals surface area contributed by atoms with Crippen LogP contribution in [-0.4, -0.2) is 66.1 Å². The molecule has 2 aliphatic rings. The molecular weight excluding hydrogens is 461 g/mol. The largest absolute Gasteiger partial charge is 0.361 e. The highest BCUT2D eigenvalue weighted by Gasteiger charge is 2.29. The molecule has 28 heavy (non-hydrogen) atoms. The summed E-state index contributed by atoms with van der Waals surface area (Å²) < 4.78 is 0. The van der Waals surface area contributed by atoms with Crippen molar-refractivity contribution in [3.8, 4) is 0 Å². The lowest BCUT2D eigenvalue weighted by molar-refractivity contribution is 0.259. The number of rotatable bonds is 6. The van der Waals surface area contributed by atoms with Crippen LogP contribution in [0.5, 0.6) is 0 Å². The van der Waals surface area contributed by atoms with E-state index in [0.29, 0.717) is 6.04 Å². The molecule has 5 nitrogen and oxygen atoms in total. The molecule has 1 aromatic heterocycles. The second kappa shape index (κ2) is 10.3. The van der Waals surface area contributed by atoms with Gasteiger partial charge >= 0.3 is 0 Å². The Bertz CT molecular complexity index is 804. The zero-order valence-corrected chi connectivity index (χ0v) is 19.1. The second-order valence-corrected chi connectivity index (χ2v) is 7.51. The molecule has 1 unspecified atom stereocenters. The highest BCUT2D eigenvalue weighted by molar-refractivity contribution is 14.0. The van der Waals surface area contributed by atoms with Gasteiger partial charge in [0, 0.05) is 62.4 Å². The summed E-state index contributed by atoms with van der Waals surface area (Å²) in [4.78, 5) is 13.3. The number of hydrogen-bond donors (Lipinski definition) is 2. The Labute approximate surface area is 185 Å². The van der Waals surface area contributed by atoms with E-state index in [2.05, 4.69) is 69.6 Å². The van der Waals surface area contributed by atoms with Crippen LogP contribution in [0.25, 0.3) is 10.9 Å². The smallest absolute Gasteiger partial charge is 0.193 e. The molecule has 2 N–H and O–H groups in total. The summed E-state index contributed by atoms with van der Waals surface area (Å²) in [5.41, 5.74) is 2.62. The number of nitrogens with one attached hydrogen (secondary N) is 2. The van der Waals surface area contributed by atoms with Crippen LogP contribution in [0.4, 0.5) is 0 Å². The van der Waals surface area contributed by atoms with Gasteiger partial charge in [0.15, 0.2) is 5.96 Å². The zero-order chi connectivity index (χ0) is 18.5. The molecule has 3 heterocycles. The maximum absolute atomic E-state index is 4.92. The van der Waals surface area contributed by atoms with Crippen molar-refractivity contribution in [2.75, 3.05) is 39.3 Å². The van der Waals surface area contributed by atoms with E-state index in [0.717, 1.165) is 58.1 Å². The lowest BCUT2D eigenvalue weighted by Crippen LogP contribution is -2.42. The maximum Gasteiger partial charge on any atom is 0.193 e. The first kappa shape index (κ1) is 21.2. The zero-order valence-electron chi connectivity index (χ0n) is 16.7. The number of H-pyrrole nitrogens is 1. The van der Waals surface area contributed by atoms with Crippen LogP contribution in [0.3, 0.4) is 0 Å². The quantitative estimate of drug-likeness (QED) is 0.213. The fraction of sp³-hybridized carbons (Fsp3) is 0.500. The molecule has 0 spiro atoms. The molecule has 0 radical (unpaired) electrons. The van der Waals surface area contributed by atoms with E-state index in [-0.39, 0.29) is 24.0 Å². The van der Waals surface area contributed by atoms with Crippen molar-refractivity contribution in [2.24, 2.45) is 4.99 Å². The maximum atomic E-state index is 4.92. The van der Waals surface area contributed by atoms with Crippen LogP contribution in [0.15, 0.2) is 47.6 Å². The number of guanidine groups is 1. The van der Waals surface area contributed by atoms with Gasteiger partial charge in [-0.2, -0.15) is 0 Å². The van der Waals surface area contributed by atoms with Gasteiger partial charge in [-0.1, -0.05) is 30.4 Å². The van der Waals surface area contributed by atoms with Gasteiger partial charge in [-0.05, 0) is 37.8 Å². The number of aliphatic imine (C=N–C) groups is 1. The lowest BCUT2D eigenvalue weighted by Gasteiger charge is -2.25. The van der Waals surface area contributed by atoms with E-state index in [1.54, 1.807) is 0 Å². The summed E-state index contributed by atoms with van der Waals surface area (Å²) in [6.45, 7) is 8.36. The number of benzene rings is 1. The van der Waals surface area contributed by atoms with Crippen LogP contribution in [0.1, 0.15) is 25.3 Å². The number of aryl methyl sites for hydroxylation is 1. The van der Waals surface area contributed by atoms with E-state index in [4.69, 9.17) is 4.99 Å². The van der Waals surface area contributed by atoms with Crippen LogP contribution >= 0.6 is 24.0 Å². The number of fused-ring (bicyclic) bond motifs is 1. The summed E-state index contributed by atoms with van der Waals surface area (Å²) in [6, 6.07) is 9.19. The second-order valence-electron chi connectivity index (χ2n) is 7.51. The van der Waals surface area contributed by atoms with Crippen molar-refractivity contribution in [1.29, 1.82) is 0 Å². The van der Waals surface area contributed by atoms with Crippen molar-refractivity contribution >= 4 is 40.8 Å². The first-order valence-electron chi connectivity index (χ1n) is 10.3. The number of aromatic nitrogens is 1. The Hall–Kier alpha value is -1.54. The standard InChI is InChI=1S/C22H31N5.HI/c1-2-23-22(27-15-11-19(17-27)26-13-5-6-14-26)24-12-7-8-18-16-25-21-10-4-3-9-20(18)21;/h3-6,9-10,16,19,25H,2,7-8,11-15,17H2,1H3,(H,23,24);1H. The number of hydrogen-bond acceptors (Lipinski definition) is 2. The Kier molecular flexibility index (Phi) is 7.79. The average molecular weight is 493 g/mol. The first-order valence-corrected chi connectivity index (χ1v) is 10.3. The molecule has 4 rings (SSSR count). The molecule has 0 saturated carbocycles. The Morgan fingerprint density at radius 3 is 2.89 bits per heavy atom. The third-order valence-corrected chi connectivity index (χ3v) is 5.70. The molecule has 1 atom stereocenters. The molecule has 0 bridgehead atoms. The monoisotopic (exact) mass is 493 g/mol. The van der Waals surface area contributed by atoms with Gasteiger partial charge in [0.1, 0.15) is 0 Å². The van der Waals surface area contributed by atoms with Crippen molar-refractivity contribution in [3.05, 3.63) is 48.2 Å². The number of nitrogens with zero attached hydrogens (tertiary/aromatic N) is 3. The van der Waals surface area contributed by atoms with Crippen LogP contribution in [0, 0.1) is 0 Å².